The molecule has 5 rings (SSSR count). The van der Waals surface area contributed by atoms with E-state index in [1.165, 1.54) is 11.3 Å². The Morgan fingerprint density at radius 3 is 2.94 bits per heavy atom. The number of nitrogens with one attached hydrogen (secondary N) is 1. The second-order valence-electron chi connectivity index (χ2n) is 8.61. The summed E-state index contributed by atoms with van der Waals surface area (Å²) in [6, 6.07) is 17.0. The molecule has 1 saturated heterocycles. The van der Waals surface area contributed by atoms with E-state index in [0.717, 1.165) is 61.1 Å². The van der Waals surface area contributed by atoms with Crippen LogP contribution in [0, 0.1) is 0 Å². The molecule has 6 heteroatoms. The fourth-order valence-corrected chi connectivity index (χ4v) is 5.41. The molecule has 32 heavy (non-hydrogen) atoms. The van der Waals surface area contributed by atoms with Gasteiger partial charge in [-0.1, -0.05) is 30.3 Å². The molecule has 2 atom stereocenters. The number of anilines is 2. The summed E-state index contributed by atoms with van der Waals surface area (Å²) in [4.78, 5) is 20.7. The van der Waals surface area contributed by atoms with Crippen LogP contribution in [0.3, 0.4) is 0 Å². The number of piperidine rings is 1. The monoisotopic (exact) mass is 430 g/mol. The molecule has 0 saturated carbocycles. The number of pyridine rings is 1. The summed E-state index contributed by atoms with van der Waals surface area (Å²) in [5.41, 5.74) is 4.62. The van der Waals surface area contributed by atoms with E-state index in [1.54, 1.807) is 0 Å². The van der Waals surface area contributed by atoms with Gasteiger partial charge in [0.15, 0.2) is 0 Å². The molecule has 2 aliphatic heterocycles. The molecule has 0 bridgehead atoms. The number of hydrogen-bond donors (Lipinski definition) is 1. The predicted molar refractivity (Wildman–Crippen MR) is 129 cm³/mol. The van der Waals surface area contributed by atoms with Crippen LogP contribution < -0.4 is 15.0 Å². The number of nitrogens with zero attached hydrogens (tertiary/aromatic N) is 3. The Bertz CT molecular complexity index is 1100. The van der Waals surface area contributed by atoms with Gasteiger partial charge in [-0.05, 0) is 36.6 Å². The van der Waals surface area contributed by atoms with E-state index in [4.69, 9.17) is 4.74 Å². The van der Waals surface area contributed by atoms with Gasteiger partial charge in [0.25, 0.3) is 0 Å². The third kappa shape index (κ3) is 3.79. The first-order valence-corrected chi connectivity index (χ1v) is 11.5. The third-order valence-corrected chi connectivity index (χ3v) is 6.83. The van der Waals surface area contributed by atoms with Crippen molar-refractivity contribution in [3.63, 3.8) is 0 Å². The number of likely N-dealkylation sites (tertiary alicyclic amines) is 1. The van der Waals surface area contributed by atoms with E-state index in [9.17, 15) is 4.79 Å². The highest BCUT2D eigenvalue weighted by atomic mass is 16.5. The summed E-state index contributed by atoms with van der Waals surface area (Å²) in [6.45, 7) is 4.22. The number of carbonyl (C=O) groups is 1. The maximum Gasteiger partial charge on any atom is 0.145 e. The molecule has 0 amide bonds. The van der Waals surface area contributed by atoms with Gasteiger partial charge in [-0.3, -0.25) is 4.98 Å². The van der Waals surface area contributed by atoms with Crippen molar-refractivity contribution in [2.45, 2.75) is 24.8 Å². The molecule has 2 unspecified atom stereocenters. The fraction of sp³-hybridized carbons (Fsp3) is 0.385. The standard InChI is InChI=1S/C26H30N4O2/c1-27-22-9-3-8-20-21-18-29(14-11-23(21)30(15-16-31)26(20)22)13-5-17-32-24-10-2-6-19-7-4-12-28-25(19)24/h2-4,6-10,12,16,21,23,27H,5,11,13-15,17-18H2,1H3. The number of aromatic nitrogens is 1. The average Bonchev–Trinajstić information content (AvgIpc) is 3.15. The molecule has 2 aromatic carbocycles. The minimum atomic E-state index is 0.402. The van der Waals surface area contributed by atoms with Crippen molar-refractivity contribution in [2.75, 3.05) is 50.1 Å². The Kier molecular flexibility index (Phi) is 5.95. The van der Waals surface area contributed by atoms with Gasteiger partial charge in [0.1, 0.15) is 17.6 Å². The number of aldehydes is 1. The Labute approximate surface area is 189 Å². The molecule has 0 aliphatic carbocycles. The van der Waals surface area contributed by atoms with Crippen molar-refractivity contribution in [1.82, 2.24) is 9.88 Å². The number of rotatable bonds is 8. The van der Waals surface area contributed by atoms with Crippen LogP contribution in [0.4, 0.5) is 11.4 Å². The maximum absolute atomic E-state index is 11.4. The van der Waals surface area contributed by atoms with Crippen LogP contribution in [0.5, 0.6) is 5.75 Å². The second-order valence-corrected chi connectivity index (χ2v) is 8.61. The minimum Gasteiger partial charge on any atom is -0.491 e. The highest BCUT2D eigenvalue weighted by Crippen LogP contribution is 2.47. The highest BCUT2D eigenvalue weighted by Gasteiger charge is 2.42. The lowest BCUT2D eigenvalue weighted by Gasteiger charge is -2.38. The number of hydrogen-bond acceptors (Lipinski definition) is 6. The van der Waals surface area contributed by atoms with Crippen LogP contribution in [0.1, 0.15) is 24.3 Å². The van der Waals surface area contributed by atoms with Gasteiger partial charge in [0, 0.05) is 50.2 Å². The van der Waals surface area contributed by atoms with Gasteiger partial charge in [-0.25, -0.2) is 0 Å². The zero-order valence-corrected chi connectivity index (χ0v) is 18.5. The van der Waals surface area contributed by atoms with Gasteiger partial charge in [0.05, 0.1) is 24.5 Å². The third-order valence-electron chi connectivity index (χ3n) is 6.83. The van der Waals surface area contributed by atoms with E-state index in [0.29, 0.717) is 25.1 Å². The Balaban J connectivity index is 1.22. The van der Waals surface area contributed by atoms with Gasteiger partial charge < -0.3 is 24.6 Å². The van der Waals surface area contributed by atoms with E-state index >= 15 is 0 Å². The molecule has 1 aromatic heterocycles. The normalized spacial score (nSPS) is 20.1. The van der Waals surface area contributed by atoms with E-state index in [-0.39, 0.29) is 0 Å². The largest absolute Gasteiger partial charge is 0.491 e. The molecular weight excluding hydrogens is 400 g/mol. The van der Waals surface area contributed by atoms with Crippen molar-refractivity contribution in [3.8, 4) is 5.75 Å². The van der Waals surface area contributed by atoms with Gasteiger partial charge >= 0.3 is 0 Å². The molecule has 2 aliphatic rings. The highest BCUT2D eigenvalue weighted by molar-refractivity contribution is 5.84. The lowest BCUT2D eigenvalue weighted by atomic mass is 9.89. The predicted octanol–water partition coefficient (Wildman–Crippen LogP) is 3.92. The SMILES string of the molecule is CNc1cccc2c1N(CC=O)C1CCN(CCCOc3cccc4cccnc34)CC21. The number of fused-ring (bicyclic) bond motifs is 4. The molecule has 6 nitrogen and oxygen atoms in total. The second kappa shape index (κ2) is 9.17. The number of carbonyl (C=O) groups excluding carboxylic acids is 1. The van der Waals surface area contributed by atoms with Crippen molar-refractivity contribution in [3.05, 3.63) is 60.3 Å². The first kappa shape index (κ1) is 20.8. The Morgan fingerprint density at radius 1 is 1.19 bits per heavy atom. The topological polar surface area (TPSA) is 57.7 Å². The summed E-state index contributed by atoms with van der Waals surface area (Å²) in [6.07, 6.45) is 4.89. The summed E-state index contributed by atoms with van der Waals surface area (Å²) >= 11 is 0. The van der Waals surface area contributed by atoms with Crippen LogP contribution >= 0.6 is 0 Å². The maximum atomic E-state index is 11.4. The van der Waals surface area contributed by atoms with E-state index in [1.807, 2.05) is 31.4 Å². The quantitative estimate of drug-likeness (QED) is 0.432. The van der Waals surface area contributed by atoms with Crippen LogP contribution in [0.15, 0.2) is 54.7 Å². The van der Waals surface area contributed by atoms with Gasteiger partial charge in [0.2, 0.25) is 0 Å². The number of ether oxygens (including phenoxy) is 1. The summed E-state index contributed by atoms with van der Waals surface area (Å²) in [5, 5.41) is 4.42. The summed E-state index contributed by atoms with van der Waals surface area (Å²) < 4.78 is 6.09. The summed E-state index contributed by atoms with van der Waals surface area (Å²) in [7, 11) is 1.95. The lowest BCUT2D eigenvalue weighted by Crippen LogP contribution is -2.47. The molecule has 3 aromatic rings. The van der Waals surface area contributed by atoms with Crippen molar-refractivity contribution in [2.24, 2.45) is 0 Å². The van der Waals surface area contributed by atoms with Crippen LogP contribution in [-0.2, 0) is 4.79 Å². The van der Waals surface area contributed by atoms with Gasteiger partial charge in [-0.2, -0.15) is 0 Å². The molecule has 0 radical (unpaired) electrons. The average molecular weight is 431 g/mol. The van der Waals surface area contributed by atoms with Crippen molar-refractivity contribution in [1.29, 1.82) is 0 Å². The van der Waals surface area contributed by atoms with Crippen molar-refractivity contribution >= 4 is 28.6 Å². The Morgan fingerprint density at radius 2 is 2.06 bits per heavy atom. The van der Waals surface area contributed by atoms with Crippen LogP contribution in [-0.4, -0.2) is 62.0 Å². The minimum absolute atomic E-state index is 0.402. The number of para-hydroxylation sites is 2. The molecular formula is C26H30N4O2. The zero-order chi connectivity index (χ0) is 21.9. The molecule has 1 fully saturated rings. The molecule has 1 N–H and O–H groups in total. The van der Waals surface area contributed by atoms with Crippen LogP contribution in [0.25, 0.3) is 10.9 Å². The number of benzene rings is 2. The molecule has 3 heterocycles. The van der Waals surface area contributed by atoms with Gasteiger partial charge in [-0.15, -0.1) is 0 Å². The summed E-state index contributed by atoms with van der Waals surface area (Å²) in [5.74, 6) is 1.30. The van der Waals surface area contributed by atoms with E-state index in [2.05, 4.69) is 50.4 Å². The molecule has 166 valence electrons. The van der Waals surface area contributed by atoms with Crippen molar-refractivity contribution < 1.29 is 9.53 Å². The smallest absolute Gasteiger partial charge is 0.145 e. The first-order valence-electron chi connectivity index (χ1n) is 11.5. The van der Waals surface area contributed by atoms with Crippen LogP contribution in [0.2, 0.25) is 0 Å². The lowest BCUT2D eigenvalue weighted by molar-refractivity contribution is -0.106. The van der Waals surface area contributed by atoms with E-state index < -0.39 is 0 Å². The zero-order valence-electron chi connectivity index (χ0n) is 18.5. The first-order chi connectivity index (χ1) is 15.8. The Hall–Kier alpha value is -3.12. The molecule has 0 spiro atoms. The fourth-order valence-electron chi connectivity index (χ4n) is 5.41.